The number of nitrogens with zero attached hydrogens (tertiary/aromatic N) is 2. The van der Waals surface area contributed by atoms with Crippen LogP contribution >= 0.6 is 0 Å². The molecule has 2 rings (SSSR count). The number of pyridine rings is 1. The number of aromatic nitrogens is 1. The minimum Gasteiger partial charge on any atom is -0.481 e. The van der Waals surface area contributed by atoms with Gasteiger partial charge in [0.05, 0.1) is 7.11 Å². The van der Waals surface area contributed by atoms with Gasteiger partial charge in [-0.2, -0.15) is 0 Å². The minimum atomic E-state index is 0.633. The number of ether oxygens (including phenoxy) is 1. The van der Waals surface area contributed by atoms with Crippen LogP contribution in [0.15, 0.2) is 42.6 Å². The Bertz CT molecular complexity index is 525. The lowest BCUT2D eigenvalue weighted by atomic mass is 10.2. The summed E-state index contributed by atoms with van der Waals surface area (Å²) in [6.45, 7) is 3.88. The molecule has 0 saturated carbocycles. The van der Waals surface area contributed by atoms with E-state index in [2.05, 4.69) is 28.9 Å². The quantitative estimate of drug-likeness (QED) is 0.837. The van der Waals surface area contributed by atoms with Crippen LogP contribution in [0.4, 0.5) is 11.4 Å². The minimum absolute atomic E-state index is 0.633. The lowest BCUT2D eigenvalue weighted by Crippen LogP contribution is -2.22. The number of anilines is 2. The third kappa shape index (κ3) is 3.37. The summed E-state index contributed by atoms with van der Waals surface area (Å²) in [6, 6.07) is 11.9. The molecule has 0 amide bonds. The van der Waals surface area contributed by atoms with Gasteiger partial charge in [-0.25, -0.2) is 4.98 Å². The molecule has 0 bridgehead atoms. The first kappa shape index (κ1) is 13.2. The number of hydrogen-bond acceptors (Lipinski definition) is 4. The normalized spacial score (nSPS) is 10.2. The monoisotopic (exact) mass is 257 g/mol. The summed E-state index contributed by atoms with van der Waals surface area (Å²) in [4.78, 5) is 6.39. The predicted molar refractivity (Wildman–Crippen MR) is 78.4 cm³/mol. The van der Waals surface area contributed by atoms with Crippen molar-refractivity contribution in [1.82, 2.24) is 4.98 Å². The van der Waals surface area contributed by atoms with Gasteiger partial charge in [-0.1, -0.05) is 12.1 Å². The highest BCUT2D eigenvalue weighted by atomic mass is 16.5. The van der Waals surface area contributed by atoms with Crippen LogP contribution < -0.4 is 15.4 Å². The molecule has 0 fully saturated rings. The van der Waals surface area contributed by atoms with Crippen LogP contribution in [0.1, 0.15) is 12.5 Å². The second-order valence-corrected chi connectivity index (χ2v) is 4.31. The van der Waals surface area contributed by atoms with Crippen molar-refractivity contribution in [3.63, 3.8) is 0 Å². The highest BCUT2D eigenvalue weighted by Crippen LogP contribution is 2.20. The van der Waals surface area contributed by atoms with Crippen molar-refractivity contribution in [3.8, 4) is 5.88 Å². The zero-order chi connectivity index (χ0) is 13.7. The maximum Gasteiger partial charge on any atom is 0.214 e. The number of hydrogen-bond donors (Lipinski definition) is 1. The molecular formula is C15H19N3O. The van der Waals surface area contributed by atoms with E-state index in [-0.39, 0.29) is 0 Å². The molecule has 2 aromatic rings. The molecule has 1 heterocycles. The van der Waals surface area contributed by atoms with Gasteiger partial charge < -0.3 is 15.4 Å². The van der Waals surface area contributed by atoms with Crippen molar-refractivity contribution in [2.45, 2.75) is 13.5 Å². The van der Waals surface area contributed by atoms with Crippen molar-refractivity contribution in [1.29, 1.82) is 0 Å². The molecule has 0 aliphatic carbocycles. The zero-order valence-electron chi connectivity index (χ0n) is 11.3. The first-order valence-electron chi connectivity index (χ1n) is 6.32. The van der Waals surface area contributed by atoms with Crippen LogP contribution in [0.5, 0.6) is 5.88 Å². The maximum atomic E-state index is 5.70. The Labute approximate surface area is 113 Å². The van der Waals surface area contributed by atoms with Gasteiger partial charge in [-0.15, -0.1) is 0 Å². The number of rotatable bonds is 5. The van der Waals surface area contributed by atoms with Crippen LogP contribution in [0.2, 0.25) is 0 Å². The molecule has 4 heteroatoms. The average Bonchev–Trinajstić information content (AvgIpc) is 2.46. The summed E-state index contributed by atoms with van der Waals surface area (Å²) in [6.07, 6.45) is 1.76. The number of nitrogens with two attached hydrogens (primary N) is 1. The van der Waals surface area contributed by atoms with Gasteiger partial charge in [0, 0.05) is 36.7 Å². The Kier molecular flexibility index (Phi) is 4.23. The highest BCUT2D eigenvalue weighted by molar-refractivity contribution is 5.49. The summed E-state index contributed by atoms with van der Waals surface area (Å²) in [5.74, 6) is 0.633. The summed E-state index contributed by atoms with van der Waals surface area (Å²) in [5, 5.41) is 0. The molecule has 2 N–H and O–H groups in total. The van der Waals surface area contributed by atoms with Crippen molar-refractivity contribution in [2.24, 2.45) is 0 Å². The van der Waals surface area contributed by atoms with Gasteiger partial charge in [-0.05, 0) is 30.7 Å². The van der Waals surface area contributed by atoms with Gasteiger partial charge in [0.2, 0.25) is 5.88 Å². The molecule has 100 valence electrons. The largest absolute Gasteiger partial charge is 0.481 e. The molecule has 1 aromatic carbocycles. The van der Waals surface area contributed by atoms with Crippen LogP contribution in [0.25, 0.3) is 0 Å². The van der Waals surface area contributed by atoms with E-state index in [0.717, 1.165) is 24.5 Å². The topological polar surface area (TPSA) is 51.4 Å². The molecule has 19 heavy (non-hydrogen) atoms. The average molecular weight is 257 g/mol. The second-order valence-electron chi connectivity index (χ2n) is 4.31. The van der Waals surface area contributed by atoms with Crippen molar-refractivity contribution in [3.05, 3.63) is 48.2 Å². The molecule has 0 atom stereocenters. The smallest absolute Gasteiger partial charge is 0.214 e. The first-order chi connectivity index (χ1) is 9.22. The van der Waals surface area contributed by atoms with E-state index in [0.29, 0.717) is 5.88 Å². The standard InChI is InChI=1S/C15H19N3O/c1-3-18(11-12-4-6-13(16)7-5-12)14-8-9-17-15(10-14)19-2/h4-10H,3,11,16H2,1-2H3. The van der Waals surface area contributed by atoms with E-state index in [9.17, 15) is 0 Å². The van der Waals surface area contributed by atoms with Gasteiger partial charge in [0.1, 0.15) is 0 Å². The van der Waals surface area contributed by atoms with Crippen LogP contribution in [0, 0.1) is 0 Å². The van der Waals surface area contributed by atoms with E-state index < -0.39 is 0 Å². The Hall–Kier alpha value is -2.23. The third-order valence-electron chi connectivity index (χ3n) is 3.03. The van der Waals surface area contributed by atoms with Gasteiger partial charge in [0.15, 0.2) is 0 Å². The molecule has 0 aliphatic rings. The van der Waals surface area contributed by atoms with Crippen molar-refractivity contribution in [2.75, 3.05) is 24.3 Å². The predicted octanol–water partition coefficient (Wildman–Crippen LogP) is 2.70. The van der Waals surface area contributed by atoms with Crippen molar-refractivity contribution >= 4 is 11.4 Å². The SMILES string of the molecule is CCN(Cc1ccc(N)cc1)c1ccnc(OC)c1. The molecule has 0 aliphatic heterocycles. The fourth-order valence-electron chi connectivity index (χ4n) is 1.94. The van der Waals surface area contributed by atoms with Crippen LogP contribution in [0.3, 0.4) is 0 Å². The summed E-state index contributed by atoms with van der Waals surface area (Å²) in [5.41, 5.74) is 8.82. The van der Waals surface area contributed by atoms with Gasteiger partial charge in [0.25, 0.3) is 0 Å². The van der Waals surface area contributed by atoms with E-state index in [1.165, 1.54) is 5.56 Å². The first-order valence-corrected chi connectivity index (χ1v) is 6.32. The molecule has 0 unspecified atom stereocenters. The highest BCUT2D eigenvalue weighted by Gasteiger charge is 2.06. The summed E-state index contributed by atoms with van der Waals surface area (Å²) >= 11 is 0. The van der Waals surface area contributed by atoms with E-state index in [1.54, 1.807) is 13.3 Å². The zero-order valence-corrected chi connectivity index (χ0v) is 11.3. The van der Waals surface area contributed by atoms with Crippen LogP contribution in [-0.4, -0.2) is 18.6 Å². The number of methoxy groups -OCH3 is 1. The van der Waals surface area contributed by atoms with E-state index >= 15 is 0 Å². The number of nitrogen functional groups attached to an aromatic ring is 1. The third-order valence-corrected chi connectivity index (χ3v) is 3.03. The molecule has 0 radical (unpaired) electrons. The summed E-state index contributed by atoms with van der Waals surface area (Å²) < 4.78 is 5.16. The molecular weight excluding hydrogens is 238 g/mol. The Balaban J connectivity index is 2.17. The fraction of sp³-hybridized carbons (Fsp3) is 0.267. The van der Waals surface area contributed by atoms with Gasteiger partial charge in [-0.3, -0.25) is 0 Å². The molecule has 0 spiro atoms. The second kappa shape index (κ2) is 6.09. The number of benzene rings is 1. The maximum absolute atomic E-state index is 5.70. The van der Waals surface area contributed by atoms with Gasteiger partial charge >= 0.3 is 0 Å². The van der Waals surface area contributed by atoms with Crippen LogP contribution in [-0.2, 0) is 6.54 Å². The fourth-order valence-corrected chi connectivity index (χ4v) is 1.94. The molecule has 4 nitrogen and oxygen atoms in total. The van der Waals surface area contributed by atoms with E-state index in [1.807, 2.05) is 24.3 Å². The lowest BCUT2D eigenvalue weighted by Gasteiger charge is -2.23. The van der Waals surface area contributed by atoms with Crippen molar-refractivity contribution < 1.29 is 4.74 Å². The molecule has 1 aromatic heterocycles. The Morgan fingerprint density at radius 1 is 1.21 bits per heavy atom. The lowest BCUT2D eigenvalue weighted by molar-refractivity contribution is 0.398. The summed E-state index contributed by atoms with van der Waals surface area (Å²) in [7, 11) is 1.63. The van der Waals surface area contributed by atoms with E-state index in [4.69, 9.17) is 10.5 Å². The Morgan fingerprint density at radius 3 is 2.58 bits per heavy atom. The Morgan fingerprint density at radius 2 is 1.95 bits per heavy atom. The molecule has 0 saturated heterocycles.